The molecular formula is C15H13N3O2S. The van der Waals surface area contributed by atoms with Crippen LogP contribution in [-0.2, 0) is 9.53 Å². The number of pyridine rings is 1. The molecule has 3 aromatic rings. The van der Waals surface area contributed by atoms with E-state index in [1.807, 2.05) is 30.3 Å². The lowest BCUT2D eigenvalue weighted by Crippen LogP contribution is -2.02. The van der Waals surface area contributed by atoms with E-state index in [0.717, 1.165) is 27.3 Å². The fraction of sp³-hybridized carbons (Fsp3) is 0.133. The van der Waals surface area contributed by atoms with Gasteiger partial charge in [-0.1, -0.05) is 12.1 Å². The molecule has 0 amide bonds. The monoisotopic (exact) mass is 299 g/mol. The number of H-pyrrole nitrogens is 1. The van der Waals surface area contributed by atoms with Crippen molar-refractivity contribution in [2.75, 3.05) is 12.9 Å². The van der Waals surface area contributed by atoms with Gasteiger partial charge in [0.15, 0.2) is 0 Å². The summed E-state index contributed by atoms with van der Waals surface area (Å²) in [6, 6.07) is 9.75. The molecule has 0 aliphatic carbocycles. The standard InChI is InChI=1S/C15H13N3O2S/c1-20-14(19)9-21-11-4-2-3-10(7-11)15-17-12-5-6-16-8-13(12)18-15/h2-8H,9H2,1H3,(H,17,18). The number of esters is 1. The molecule has 0 fully saturated rings. The highest BCUT2D eigenvalue weighted by Gasteiger charge is 2.07. The molecule has 0 saturated carbocycles. The zero-order valence-corrected chi connectivity index (χ0v) is 12.2. The van der Waals surface area contributed by atoms with Crippen LogP contribution in [0.1, 0.15) is 0 Å². The summed E-state index contributed by atoms with van der Waals surface area (Å²) >= 11 is 1.44. The molecule has 0 atom stereocenters. The second-order valence-electron chi connectivity index (χ2n) is 4.37. The van der Waals surface area contributed by atoms with Crippen LogP contribution in [-0.4, -0.2) is 33.8 Å². The van der Waals surface area contributed by atoms with E-state index in [0.29, 0.717) is 5.75 Å². The fourth-order valence-corrected chi connectivity index (χ4v) is 2.72. The van der Waals surface area contributed by atoms with Crippen molar-refractivity contribution in [3.63, 3.8) is 0 Å². The highest BCUT2D eigenvalue weighted by atomic mass is 32.2. The zero-order valence-electron chi connectivity index (χ0n) is 11.4. The molecule has 0 aliphatic rings. The van der Waals surface area contributed by atoms with Gasteiger partial charge in [0, 0.05) is 16.7 Å². The number of hydrogen-bond donors (Lipinski definition) is 1. The first-order valence-electron chi connectivity index (χ1n) is 6.36. The molecule has 2 heterocycles. The Labute approximate surface area is 125 Å². The van der Waals surface area contributed by atoms with E-state index in [9.17, 15) is 4.79 Å². The highest BCUT2D eigenvalue weighted by Crippen LogP contribution is 2.25. The number of aromatic nitrogens is 3. The van der Waals surface area contributed by atoms with Gasteiger partial charge in [-0.05, 0) is 18.2 Å². The number of carbonyl (C=O) groups is 1. The number of ether oxygens (including phenoxy) is 1. The third-order valence-corrected chi connectivity index (χ3v) is 3.94. The lowest BCUT2D eigenvalue weighted by molar-refractivity contribution is -0.137. The SMILES string of the molecule is COC(=O)CSc1cccc(-c2nc3ccncc3[nH]2)c1. The third kappa shape index (κ3) is 3.05. The average Bonchev–Trinajstić information content (AvgIpc) is 2.97. The Balaban J connectivity index is 1.86. The molecule has 106 valence electrons. The van der Waals surface area contributed by atoms with Crippen molar-refractivity contribution in [3.8, 4) is 11.4 Å². The van der Waals surface area contributed by atoms with Gasteiger partial charge in [-0.25, -0.2) is 4.98 Å². The van der Waals surface area contributed by atoms with Gasteiger partial charge in [0.25, 0.3) is 0 Å². The second-order valence-corrected chi connectivity index (χ2v) is 5.42. The smallest absolute Gasteiger partial charge is 0.315 e. The summed E-state index contributed by atoms with van der Waals surface area (Å²) in [6.45, 7) is 0. The minimum absolute atomic E-state index is 0.236. The lowest BCUT2D eigenvalue weighted by atomic mass is 10.2. The Kier molecular flexibility index (Phi) is 3.87. The van der Waals surface area contributed by atoms with E-state index in [4.69, 9.17) is 0 Å². The molecule has 0 radical (unpaired) electrons. The molecule has 0 unspecified atom stereocenters. The Morgan fingerprint density at radius 3 is 3.10 bits per heavy atom. The molecule has 21 heavy (non-hydrogen) atoms. The number of hydrogen-bond acceptors (Lipinski definition) is 5. The van der Waals surface area contributed by atoms with Crippen molar-refractivity contribution in [3.05, 3.63) is 42.7 Å². The number of nitrogens with one attached hydrogen (secondary N) is 1. The van der Waals surface area contributed by atoms with Crippen molar-refractivity contribution in [1.82, 2.24) is 15.0 Å². The van der Waals surface area contributed by atoms with E-state index in [1.54, 1.807) is 12.4 Å². The van der Waals surface area contributed by atoms with Crippen LogP contribution in [0.3, 0.4) is 0 Å². The van der Waals surface area contributed by atoms with Gasteiger partial charge in [0.05, 0.1) is 30.1 Å². The summed E-state index contributed by atoms with van der Waals surface area (Å²) in [6.07, 6.45) is 3.47. The number of fused-ring (bicyclic) bond motifs is 1. The predicted octanol–water partition coefficient (Wildman–Crippen LogP) is 2.89. The summed E-state index contributed by atoms with van der Waals surface area (Å²) in [5, 5.41) is 0. The van der Waals surface area contributed by atoms with Crippen LogP contribution < -0.4 is 0 Å². The second kappa shape index (κ2) is 5.97. The molecule has 0 bridgehead atoms. The summed E-state index contributed by atoms with van der Waals surface area (Å²) in [5.74, 6) is 0.850. The number of imidazole rings is 1. The number of carbonyl (C=O) groups excluding carboxylic acids is 1. The van der Waals surface area contributed by atoms with Crippen LogP contribution in [0.5, 0.6) is 0 Å². The van der Waals surface area contributed by atoms with Gasteiger partial charge in [0.1, 0.15) is 5.82 Å². The van der Waals surface area contributed by atoms with Crippen LogP contribution in [0.25, 0.3) is 22.4 Å². The maximum absolute atomic E-state index is 11.2. The number of aromatic amines is 1. The molecule has 0 aliphatic heterocycles. The quantitative estimate of drug-likeness (QED) is 0.592. The number of methoxy groups -OCH3 is 1. The molecule has 0 spiro atoms. The van der Waals surface area contributed by atoms with E-state index < -0.39 is 0 Å². The van der Waals surface area contributed by atoms with Crippen LogP contribution in [0.2, 0.25) is 0 Å². The number of nitrogens with zero attached hydrogens (tertiary/aromatic N) is 2. The summed E-state index contributed by atoms with van der Waals surface area (Å²) in [4.78, 5) is 24.0. The van der Waals surface area contributed by atoms with Gasteiger partial charge in [-0.3, -0.25) is 9.78 Å². The molecule has 0 saturated heterocycles. The van der Waals surface area contributed by atoms with E-state index in [1.165, 1.54) is 18.9 Å². The van der Waals surface area contributed by atoms with Gasteiger partial charge in [-0.2, -0.15) is 0 Å². The Morgan fingerprint density at radius 1 is 1.38 bits per heavy atom. The number of thioether (sulfide) groups is 1. The first kappa shape index (κ1) is 13.6. The van der Waals surface area contributed by atoms with Crippen molar-refractivity contribution < 1.29 is 9.53 Å². The van der Waals surface area contributed by atoms with Gasteiger partial charge in [0.2, 0.25) is 0 Å². The summed E-state index contributed by atoms with van der Waals surface area (Å²) in [7, 11) is 1.39. The van der Waals surface area contributed by atoms with Gasteiger partial charge in [-0.15, -0.1) is 11.8 Å². The lowest BCUT2D eigenvalue weighted by Gasteiger charge is -2.02. The minimum atomic E-state index is -0.236. The Bertz CT molecular complexity index is 752. The van der Waals surface area contributed by atoms with Crippen molar-refractivity contribution in [2.45, 2.75) is 4.90 Å². The first-order chi connectivity index (χ1) is 10.3. The van der Waals surface area contributed by atoms with E-state index in [2.05, 4.69) is 19.7 Å². The maximum Gasteiger partial charge on any atom is 0.315 e. The molecule has 2 aromatic heterocycles. The Hall–Kier alpha value is -2.34. The largest absolute Gasteiger partial charge is 0.468 e. The van der Waals surface area contributed by atoms with Crippen molar-refractivity contribution in [1.29, 1.82) is 0 Å². The predicted molar refractivity (Wildman–Crippen MR) is 82.1 cm³/mol. The van der Waals surface area contributed by atoms with Crippen molar-refractivity contribution >= 4 is 28.8 Å². The van der Waals surface area contributed by atoms with Crippen LogP contribution >= 0.6 is 11.8 Å². The minimum Gasteiger partial charge on any atom is -0.468 e. The van der Waals surface area contributed by atoms with Crippen molar-refractivity contribution in [2.24, 2.45) is 0 Å². The first-order valence-corrected chi connectivity index (χ1v) is 7.34. The topological polar surface area (TPSA) is 67.9 Å². The zero-order chi connectivity index (χ0) is 14.7. The number of benzene rings is 1. The molecule has 1 N–H and O–H groups in total. The summed E-state index contributed by atoms with van der Waals surface area (Å²) < 4.78 is 4.64. The molecule has 5 nitrogen and oxygen atoms in total. The molecule has 6 heteroatoms. The molecule has 3 rings (SSSR count). The van der Waals surface area contributed by atoms with Gasteiger partial charge >= 0.3 is 5.97 Å². The number of rotatable bonds is 4. The van der Waals surface area contributed by atoms with Crippen LogP contribution in [0.4, 0.5) is 0 Å². The molecular weight excluding hydrogens is 286 g/mol. The third-order valence-electron chi connectivity index (χ3n) is 2.98. The van der Waals surface area contributed by atoms with Crippen LogP contribution in [0.15, 0.2) is 47.6 Å². The highest BCUT2D eigenvalue weighted by molar-refractivity contribution is 8.00. The normalized spacial score (nSPS) is 10.7. The Morgan fingerprint density at radius 2 is 2.29 bits per heavy atom. The molecule has 1 aromatic carbocycles. The average molecular weight is 299 g/mol. The van der Waals surface area contributed by atoms with E-state index in [-0.39, 0.29) is 5.97 Å². The van der Waals surface area contributed by atoms with E-state index >= 15 is 0 Å². The van der Waals surface area contributed by atoms with Crippen LogP contribution in [0, 0.1) is 0 Å². The summed E-state index contributed by atoms with van der Waals surface area (Å²) in [5.41, 5.74) is 2.76. The fourth-order valence-electron chi connectivity index (χ4n) is 1.93. The maximum atomic E-state index is 11.2. The van der Waals surface area contributed by atoms with Gasteiger partial charge < -0.3 is 9.72 Å².